The zero-order valence-corrected chi connectivity index (χ0v) is 34.6. The first-order chi connectivity index (χ1) is 25.2. The number of carboxylic acids is 2. The Morgan fingerprint density at radius 2 is 1.47 bits per heavy atom. The number of amides is 3. The maximum atomic E-state index is 14.6. The van der Waals surface area contributed by atoms with Crippen LogP contribution >= 0.6 is 0 Å². The Morgan fingerprint density at radius 1 is 0.855 bits per heavy atom. The predicted molar refractivity (Wildman–Crippen MR) is 178 cm³/mol. The van der Waals surface area contributed by atoms with E-state index in [-0.39, 0.29) is 97.0 Å². The van der Waals surface area contributed by atoms with E-state index in [1.54, 1.807) is 24.3 Å². The van der Waals surface area contributed by atoms with Crippen LogP contribution in [-0.2, 0) is 23.9 Å². The molecule has 0 aromatic heterocycles. The summed E-state index contributed by atoms with van der Waals surface area (Å²) in [6, 6.07) is 15.4. The summed E-state index contributed by atoms with van der Waals surface area (Å²) in [7, 11) is 0. The molecule has 3 aromatic carbocycles. The van der Waals surface area contributed by atoms with Crippen LogP contribution in [0.3, 0.4) is 0 Å². The summed E-state index contributed by atoms with van der Waals surface area (Å²) in [5, 5.41) is 53.1. The number of unbranched alkanes of at least 4 members (excludes halogenated alkanes) is 2. The van der Waals surface area contributed by atoms with Gasteiger partial charge in [-0.2, -0.15) is 0 Å². The van der Waals surface area contributed by atoms with E-state index in [2.05, 4.69) is 16.0 Å². The minimum atomic E-state index is -2.77. The molecule has 3 aromatic rings. The van der Waals surface area contributed by atoms with Crippen LogP contribution in [0, 0.1) is 11.6 Å². The van der Waals surface area contributed by atoms with Gasteiger partial charge in [-0.05, 0) is 54.7 Å². The molecular formula is C37H39F2N3Na2O11. The van der Waals surface area contributed by atoms with Crippen molar-refractivity contribution in [2.45, 2.75) is 75.2 Å². The molecule has 1 aliphatic heterocycles. The zero-order valence-electron chi connectivity index (χ0n) is 30.6. The van der Waals surface area contributed by atoms with Crippen molar-refractivity contribution < 1.29 is 122 Å². The van der Waals surface area contributed by atoms with Crippen LogP contribution < -0.4 is 85.3 Å². The van der Waals surface area contributed by atoms with Gasteiger partial charge in [-0.1, -0.05) is 55.0 Å². The van der Waals surface area contributed by atoms with Crippen LogP contribution in [-0.4, -0.2) is 89.2 Å². The fourth-order valence-electron chi connectivity index (χ4n) is 5.93. The Hall–Kier alpha value is -3.29. The van der Waals surface area contributed by atoms with Gasteiger partial charge in [0, 0.05) is 31.4 Å². The Kier molecular flexibility index (Phi) is 19.5. The second-order valence-electron chi connectivity index (χ2n) is 12.5. The van der Waals surface area contributed by atoms with Crippen LogP contribution in [0.1, 0.15) is 59.7 Å². The monoisotopic (exact) mass is 785 g/mol. The molecule has 1 saturated heterocycles. The van der Waals surface area contributed by atoms with Gasteiger partial charge in [0.1, 0.15) is 35.4 Å². The second-order valence-corrected chi connectivity index (χ2v) is 12.5. The summed E-state index contributed by atoms with van der Waals surface area (Å²) in [5.41, 5.74) is 0.945. The number of halogens is 2. The quantitative estimate of drug-likeness (QED) is 0.0640. The molecule has 0 radical (unpaired) electrons. The molecule has 1 heterocycles. The van der Waals surface area contributed by atoms with Crippen LogP contribution in [0.15, 0.2) is 72.8 Å². The van der Waals surface area contributed by atoms with Crippen LogP contribution in [0.4, 0.5) is 8.78 Å². The minimum Gasteiger partial charge on any atom is -0.550 e. The molecule has 0 unspecified atom stereocenters. The number of benzene rings is 3. The van der Waals surface area contributed by atoms with Crippen LogP contribution in [0.25, 0.3) is 11.1 Å². The van der Waals surface area contributed by atoms with Gasteiger partial charge in [0.25, 0.3) is 11.8 Å². The average Bonchev–Trinajstić information content (AvgIpc) is 3.12. The van der Waals surface area contributed by atoms with Crippen molar-refractivity contribution in [2.24, 2.45) is 0 Å². The zero-order chi connectivity index (χ0) is 38.7. The van der Waals surface area contributed by atoms with Crippen molar-refractivity contribution in [1.29, 1.82) is 0 Å². The normalized spacial score (nSPS) is 20.1. The first-order valence-corrected chi connectivity index (χ1v) is 16.8. The smallest absolute Gasteiger partial charge is 0.550 e. The van der Waals surface area contributed by atoms with Crippen molar-refractivity contribution in [3.8, 4) is 11.1 Å². The standard InChI is InChI=1S/C37H41F2N3O11.2Na/c1-21(43)41-31-27(42-35(49)30-25(38)11-8-12-26(30)39)19-37(36(50)51,52-18-7-3-6-13-29(45)46)53-33(31)32(47)28(44)20-40-34(48)24-16-14-23(15-17-24)22-9-4-2-5-10-22;;/h2,4-5,8-12,14-17,27-28,31-33,44,47H,3,6-7,13,18-20H2,1H3,(H,40,48)(H,41,43)(H,42,49)(H,45,46)(H,50,51);;/q;2*+1/p-2/t27-,28+,31+,32+,33+,37+;;/m0../s1. The van der Waals surface area contributed by atoms with Crippen molar-refractivity contribution >= 4 is 29.7 Å². The summed E-state index contributed by atoms with van der Waals surface area (Å²) in [5.74, 6) is -11.3. The first-order valence-electron chi connectivity index (χ1n) is 16.8. The molecule has 0 spiro atoms. The molecule has 1 fully saturated rings. The van der Waals surface area contributed by atoms with E-state index < -0.39 is 96.0 Å². The number of carbonyl (C=O) groups excluding carboxylic acids is 5. The summed E-state index contributed by atoms with van der Waals surface area (Å²) in [6.45, 7) is 0.0867. The van der Waals surface area contributed by atoms with Gasteiger partial charge in [-0.15, -0.1) is 0 Å². The van der Waals surface area contributed by atoms with Crippen molar-refractivity contribution in [1.82, 2.24) is 16.0 Å². The number of carboxylic acid groups (broad SMARTS) is 2. The molecular weight excluding hydrogens is 746 g/mol. The SMILES string of the molecule is CC(=O)N[C@H]1[C@H]([C@H](O)[C@H](O)CNC(=O)c2ccc(-c3ccccc3)cc2)O[C@@](OCCCCCC(=O)[O-])(C(=O)[O-])C[C@@H]1NC(=O)c1c(F)cccc1F.[Na+].[Na+]. The first kappa shape index (κ1) is 47.9. The molecule has 5 N–H and O–H groups in total. The topological polar surface area (TPSA) is 226 Å². The van der Waals surface area contributed by atoms with E-state index >= 15 is 0 Å². The fourth-order valence-corrected chi connectivity index (χ4v) is 5.93. The molecule has 284 valence electrons. The third-order valence-electron chi connectivity index (χ3n) is 8.61. The van der Waals surface area contributed by atoms with E-state index in [9.17, 15) is 53.2 Å². The van der Waals surface area contributed by atoms with Crippen molar-refractivity contribution in [3.63, 3.8) is 0 Å². The van der Waals surface area contributed by atoms with E-state index in [1.165, 1.54) is 0 Å². The van der Waals surface area contributed by atoms with E-state index in [1.807, 2.05) is 30.3 Å². The number of nitrogens with one attached hydrogen (secondary N) is 3. The molecule has 0 aliphatic carbocycles. The Labute approximate surface area is 359 Å². The van der Waals surface area contributed by atoms with E-state index in [4.69, 9.17) is 9.47 Å². The molecule has 4 rings (SSSR count). The van der Waals surface area contributed by atoms with Crippen molar-refractivity contribution in [2.75, 3.05) is 13.2 Å². The number of aliphatic hydroxyl groups excluding tert-OH is 2. The summed E-state index contributed by atoms with van der Waals surface area (Å²) in [4.78, 5) is 61.9. The van der Waals surface area contributed by atoms with E-state index in [0.717, 1.165) is 36.2 Å². The summed E-state index contributed by atoms with van der Waals surface area (Å²) >= 11 is 0. The van der Waals surface area contributed by atoms with Gasteiger partial charge >= 0.3 is 59.1 Å². The number of rotatable bonds is 17. The minimum absolute atomic E-state index is 0. The average molecular weight is 786 g/mol. The van der Waals surface area contributed by atoms with Crippen LogP contribution in [0.2, 0.25) is 0 Å². The number of hydrogen-bond donors (Lipinski definition) is 5. The number of aliphatic hydroxyl groups is 2. The van der Waals surface area contributed by atoms with Gasteiger partial charge < -0.3 is 55.4 Å². The maximum Gasteiger partial charge on any atom is 1.00 e. The summed E-state index contributed by atoms with van der Waals surface area (Å²) in [6.07, 6.45) is -6.41. The van der Waals surface area contributed by atoms with Crippen molar-refractivity contribution in [3.05, 3.63) is 95.6 Å². The Bertz CT molecular complexity index is 1750. The molecule has 1 aliphatic rings. The number of hydrogen-bond acceptors (Lipinski definition) is 11. The third kappa shape index (κ3) is 13.1. The second kappa shape index (κ2) is 22.5. The molecule has 14 nitrogen and oxygen atoms in total. The molecule has 6 atom stereocenters. The largest absolute Gasteiger partial charge is 1.00 e. The number of aliphatic carboxylic acids is 2. The number of ether oxygens (including phenoxy) is 2. The predicted octanol–water partition coefficient (Wildman–Crippen LogP) is -6.04. The van der Waals surface area contributed by atoms with Gasteiger partial charge in [0.15, 0.2) is 0 Å². The fraction of sp³-hybridized carbons (Fsp3) is 0.378. The molecule has 0 saturated carbocycles. The van der Waals surface area contributed by atoms with E-state index in [0.29, 0.717) is 0 Å². The van der Waals surface area contributed by atoms with Gasteiger partial charge in [0.05, 0.1) is 24.8 Å². The maximum absolute atomic E-state index is 14.6. The van der Waals surface area contributed by atoms with Crippen LogP contribution in [0.5, 0.6) is 0 Å². The molecule has 55 heavy (non-hydrogen) atoms. The molecule has 0 bridgehead atoms. The molecule has 3 amide bonds. The number of carbonyl (C=O) groups is 5. The molecule has 18 heteroatoms. The van der Waals surface area contributed by atoms with Gasteiger partial charge in [0.2, 0.25) is 11.7 Å². The third-order valence-corrected chi connectivity index (χ3v) is 8.61. The Morgan fingerprint density at radius 3 is 2.05 bits per heavy atom. The Balaban J connectivity index is 0.00000523. The van der Waals surface area contributed by atoms with Gasteiger partial charge in [-0.3, -0.25) is 14.4 Å². The summed E-state index contributed by atoms with van der Waals surface area (Å²) < 4.78 is 40.5. The van der Waals surface area contributed by atoms with Gasteiger partial charge in [-0.25, -0.2) is 8.78 Å².